The summed E-state index contributed by atoms with van der Waals surface area (Å²) >= 11 is 0. The normalized spacial score (nSPS) is 11.1. The van der Waals surface area contributed by atoms with Crippen LogP contribution in [0.15, 0.2) is 72.9 Å². The lowest BCUT2D eigenvalue weighted by atomic mass is 9.94. The van der Waals surface area contributed by atoms with Crippen molar-refractivity contribution in [3.63, 3.8) is 0 Å². The van der Waals surface area contributed by atoms with Crippen molar-refractivity contribution in [3.05, 3.63) is 101 Å². The van der Waals surface area contributed by atoms with Crippen molar-refractivity contribution < 1.29 is 24.5 Å². The van der Waals surface area contributed by atoms with Gasteiger partial charge in [0.25, 0.3) is 0 Å². The van der Waals surface area contributed by atoms with E-state index in [4.69, 9.17) is 9.84 Å². The number of carboxylic acid groups (broad SMARTS) is 1. The van der Waals surface area contributed by atoms with Gasteiger partial charge in [-0.2, -0.15) is 0 Å². The number of rotatable bonds is 6. The van der Waals surface area contributed by atoms with Gasteiger partial charge in [-0.1, -0.05) is 30.3 Å². The molecule has 0 saturated heterocycles. The third-order valence-electron chi connectivity index (χ3n) is 5.27. The van der Waals surface area contributed by atoms with E-state index in [0.717, 1.165) is 17.2 Å². The van der Waals surface area contributed by atoms with Crippen LogP contribution in [0.5, 0.6) is 17.2 Å². The summed E-state index contributed by atoms with van der Waals surface area (Å²) in [5.41, 5.74) is 3.79. The summed E-state index contributed by atoms with van der Waals surface area (Å²) in [5.74, 6) is -0.370. The average Bonchev–Trinajstić information content (AvgIpc) is 2.78. The van der Waals surface area contributed by atoms with Crippen molar-refractivity contribution in [2.75, 3.05) is 0 Å². The van der Waals surface area contributed by atoms with Crippen LogP contribution in [0.2, 0.25) is 0 Å². The van der Waals surface area contributed by atoms with Crippen molar-refractivity contribution in [1.82, 2.24) is 4.98 Å². The predicted molar refractivity (Wildman–Crippen MR) is 126 cm³/mol. The van der Waals surface area contributed by atoms with Crippen molar-refractivity contribution in [2.45, 2.75) is 13.8 Å². The Morgan fingerprint density at radius 2 is 1.67 bits per heavy atom. The van der Waals surface area contributed by atoms with Crippen LogP contribution in [0.25, 0.3) is 17.0 Å². The molecule has 0 atom stereocenters. The second kappa shape index (κ2) is 8.96. The van der Waals surface area contributed by atoms with E-state index in [0.29, 0.717) is 39.1 Å². The number of nitrogens with zero attached hydrogens (tertiary/aromatic N) is 1. The van der Waals surface area contributed by atoms with Gasteiger partial charge in [0.1, 0.15) is 17.2 Å². The average molecular weight is 439 g/mol. The minimum atomic E-state index is -1.03. The van der Waals surface area contributed by atoms with Crippen LogP contribution in [0.3, 0.4) is 0 Å². The number of ether oxygens (including phenoxy) is 1. The van der Waals surface area contributed by atoms with Gasteiger partial charge in [-0.15, -0.1) is 0 Å². The van der Waals surface area contributed by atoms with Crippen LogP contribution in [0.1, 0.15) is 32.6 Å². The first-order valence-corrected chi connectivity index (χ1v) is 10.2. The quantitative estimate of drug-likeness (QED) is 0.296. The number of phenols is 1. The Balaban J connectivity index is 1.82. The Kier molecular flexibility index (Phi) is 5.91. The van der Waals surface area contributed by atoms with Gasteiger partial charge in [0, 0.05) is 29.3 Å². The van der Waals surface area contributed by atoms with Crippen molar-refractivity contribution >= 4 is 28.7 Å². The summed E-state index contributed by atoms with van der Waals surface area (Å²) in [6.45, 7) is 3.77. The highest BCUT2D eigenvalue weighted by atomic mass is 16.5. The molecule has 0 fully saturated rings. The molecule has 3 aromatic carbocycles. The Morgan fingerprint density at radius 3 is 2.33 bits per heavy atom. The number of aliphatic carboxylic acids is 1. The van der Waals surface area contributed by atoms with Gasteiger partial charge in [0.05, 0.1) is 11.1 Å². The topological polar surface area (TPSA) is 96.7 Å². The number of aromatic hydroxyl groups is 1. The molecule has 0 spiro atoms. The summed E-state index contributed by atoms with van der Waals surface area (Å²) in [4.78, 5) is 28.7. The van der Waals surface area contributed by atoms with Gasteiger partial charge in [0.15, 0.2) is 5.78 Å². The highest BCUT2D eigenvalue weighted by Gasteiger charge is 2.22. The van der Waals surface area contributed by atoms with E-state index < -0.39 is 5.97 Å². The maximum absolute atomic E-state index is 13.6. The molecule has 0 aliphatic carbocycles. The van der Waals surface area contributed by atoms with Gasteiger partial charge in [0.2, 0.25) is 0 Å². The largest absolute Gasteiger partial charge is 0.508 e. The first-order chi connectivity index (χ1) is 15.8. The Morgan fingerprint density at radius 1 is 0.970 bits per heavy atom. The zero-order valence-electron chi connectivity index (χ0n) is 18.1. The summed E-state index contributed by atoms with van der Waals surface area (Å²) in [6, 6.07) is 17.2. The van der Waals surface area contributed by atoms with Crippen LogP contribution in [0.4, 0.5) is 0 Å². The molecule has 0 unspecified atom stereocenters. The molecule has 1 aromatic heterocycles. The molecule has 33 heavy (non-hydrogen) atoms. The maximum atomic E-state index is 13.6. The van der Waals surface area contributed by atoms with Crippen LogP contribution < -0.4 is 4.74 Å². The molecule has 0 bridgehead atoms. The molecule has 0 radical (unpaired) electrons. The monoisotopic (exact) mass is 439 g/mol. The third kappa shape index (κ3) is 4.60. The smallest absolute Gasteiger partial charge is 0.328 e. The van der Waals surface area contributed by atoms with E-state index in [1.807, 2.05) is 32.0 Å². The maximum Gasteiger partial charge on any atom is 0.328 e. The summed E-state index contributed by atoms with van der Waals surface area (Å²) in [6.07, 6.45) is 4.00. The van der Waals surface area contributed by atoms with E-state index in [1.165, 1.54) is 24.4 Å². The third-order valence-corrected chi connectivity index (χ3v) is 5.27. The fraction of sp³-hybridized carbons (Fsp3) is 0.0741. The van der Waals surface area contributed by atoms with Crippen molar-refractivity contribution in [1.29, 1.82) is 0 Å². The number of ketones is 1. The zero-order valence-corrected chi connectivity index (χ0v) is 18.1. The summed E-state index contributed by atoms with van der Waals surface area (Å²) in [7, 11) is 0. The molecule has 1 heterocycles. The van der Waals surface area contributed by atoms with Crippen LogP contribution in [-0.2, 0) is 4.79 Å². The fourth-order valence-electron chi connectivity index (χ4n) is 3.67. The summed E-state index contributed by atoms with van der Waals surface area (Å²) in [5, 5.41) is 19.2. The number of pyridine rings is 1. The predicted octanol–water partition coefficient (Wildman–Crippen LogP) is 5.68. The Labute approximate surface area is 190 Å². The molecular weight excluding hydrogens is 418 g/mol. The molecule has 2 N–H and O–H groups in total. The minimum absolute atomic E-state index is 0.0596. The van der Waals surface area contributed by atoms with Gasteiger partial charge >= 0.3 is 5.97 Å². The molecule has 6 nitrogen and oxygen atoms in total. The molecule has 0 aliphatic heterocycles. The number of hydrogen-bond donors (Lipinski definition) is 2. The number of benzene rings is 3. The molecule has 6 heteroatoms. The standard InChI is InChI=1S/C27H21NO5/c1-16-4-3-5-17(2)25(16)26(32)22-15-28-23-14-19(29)9-12-21(23)27(22)33-20-10-6-18(7-11-20)8-13-24(30)31/h3-15,29H,1-2H3,(H,30,31)/b13-8+. The lowest BCUT2D eigenvalue weighted by molar-refractivity contribution is -0.131. The summed E-state index contributed by atoms with van der Waals surface area (Å²) < 4.78 is 6.18. The Bertz CT molecular complexity index is 1380. The number of carbonyl (C=O) groups is 2. The number of fused-ring (bicyclic) bond motifs is 1. The van der Waals surface area contributed by atoms with Crippen molar-refractivity contribution in [3.8, 4) is 17.2 Å². The van der Waals surface area contributed by atoms with E-state index in [-0.39, 0.29) is 11.5 Å². The van der Waals surface area contributed by atoms with Gasteiger partial charge in [-0.3, -0.25) is 9.78 Å². The van der Waals surface area contributed by atoms with E-state index in [2.05, 4.69) is 4.98 Å². The minimum Gasteiger partial charge on any atom is -0.508 e. The molecule has 0 saturated carbocycles. The molecule has 4 rings (SSSR count). The van der Waals surface area contributed by atoms with Crippen LogP contribution in [0, 0.1) is 13.8 Å². The number of hydrogen-bond acceptors (Lipinski definition) is 5. The highest BCUT2D eigenvalue weighted by molar-refractivity contribution is 6.14. The van der Waals surface area contributed by atoms with E-state index in [1.54, 1.807) is 30.3 Å². The van der Waals surface area contributed by atoms with E-state index in [9.17, 15) is 14.7 Å². The molecule has 0 aliphatic rings. The molecule has 164 valence electrons. The van der Waals surface area contributed by atoms with Crippen LogP contribution in [-0.4, -0.2) is 26.9 Å². The van der Waals surface area contributed by atoms with Gasteiger partial charge < -0.3 is 14.9 Å². The SMILES string of the molecule is Cc1cccc(C)c1C(=O)c1cnc2cc(O)ccc2c1Oc1ccc(/C=C/C(=O)O)cc1. The van der Waals surface area contributed by atoms with Gasteiger partial charge in [-0.05, 0) is 60.9 Å². The number of carboxylic acids is 1. The molecule has 4 aromatic rings. The lowest BCUT2D eigenvalue weighted by Crippen LogP contribution is -2.09. The second-order valence-corrected chi connectivity index (χ2v) is 7.64. The zero-order chi connectivity index (χ0) is 23.5. The fourth-order valence-corrected chi connectivity index (χ4v) is 3.67. The number of phenolic OH excluding ortho intramolecular Hbond substituents is 1. The lowest BCUT2D eigenvalue weighted by Gasteiger charge is -2.15. The second-order valence-electron chi connectivity index (χ2n) is 7.64. The van der Waals surface area contributed by atoms with Crippen molar-refractivity contribution in [2.24, 2.45) is 0 Å². The Hall–Kier alpha value is -4.45. The molecular formula is C27H21NO5. The highest BCUT2D eigenvalue weighted by Crippen LogP contribution is 2.36. The van der Waals surface area contributed by atoms with E-state index >= 15 is 0 Å². The molecule has 0 amide bonds. The number of carbonyl (C=O) groups excluding carboxylic acids is 1. The number of aryl methyl sites for hydroxylation is 2. The van der Waals surface area contributed by atoms with Gasteiger partial charge in [-0.25, -0.2) is 4.79 Å². The first-order valence-electron chi connectivity index (χ1n) is 10.2. The number of aromatic nitrogens is 1. The van der Waals surface area contributed by atoms with Crippen LogP contribution >= 0.6 is 0 Å². The first kappa shape index (κ1) is 21.8.